The number of carbonyl (C=O) groups excluding carboxylic acids is 1. The Hall–Kier alpha value is -2.87. The highest BCUT2D eigenvalue weighted by Gasteiger charge is 2.17. The van der Waals surface area contributed by atoms with Gasteiger partial charge in [0, 0.05) is 16.2 Å². The Morgan fingerprint density at radius 1 is 1.31 bits per heavy atom. The van der Waals surface area contributed by atoms with Gasteiger partial charge in [-0.2, -0.15) is 5.10 Å². The van der Waals surface area contributed by atoms with Crippen LogP contribution in [0.4, 0.5) is 0 Å². The molecule has 0 unspecified atom stereocenters. The maximum Gasteiger partial charge on any atom is 0.290 e. The number of fused-ring (bicyclic) bond motifs is 2. The van der Waals surface area contributed by atoms with Crippen LogP contribution in [0.1, 0.15) is 27.3 Å². The van der Waals surface area contributed by atoms with Gasteiger partial charge in [0.1, 0.15) is 11.3 Å². The zero-order chi connectivity index (χ0) is 18.3. The molecule has 1 N–H and O–H groups in total. The van der Waals surface area contributed by atoms with Crippen LogP contribution in [0.15, 0.2) is 40.0 Å². The van der Waals surface area contributed by atoms with Gasteiger partial charge in [-0.25, -0.2) is 10.4 Å². The third-order valence-corrected chi connectivity index (χ3v) is 4.72. The molecule has 0 aliphatic carbocycles. The van der Waals surface area contributed by atoms with Gasteiger partial charge in [-0.1, -0.05) is 0 Å². The molecule has 0 atom stereocenters. The SMILES string of the molecule is Cc1ccn2c(C(=O)N/N=C\c3cc4c(cc3Br)OCO4)c(C)nc2c1. The van der Waals surface area contributed by atoms with Crippen LogP contribution in [-0.4, -0.2) is 28.3 Å². The van der Waals surface area contributed by atoms with Crippen LogP contribution in [-0.2, 0) is 0 Å². The Morgan fingerprint density at radius 3 is 2.88 bits per heavy atom. The number of hydrogen-bond acceptors (Lipinski definition) is 5. The highest BCUT2D eigenvalue weighted by Crippen LogP contribution is 2.36. The van der Waals surface area contributed by atoms with Crippen molar-refractivity contribution in [3.8, 4) is 11.5 Å². The zero-order valence-electron chi connectivity index (χ0n) is 14.1. The van der Waals surface area contributed by atoms with Gasteiger partial charge in [0.05, 0.1) is 11.9 Å². The van der Waals surface area contributed by atoms with E-state index in [0.29, 0.717) is 22.9 Å². The zero-order valence-corrected chi connectivity index (χ0v) is 15.7. The van der Waals surface area contributed by atoms with Crippen molar-refractivity contribution in [1.29, 1.82) is 0 Å². The van der Waals surface area contributed by atoms with Crippen LogP contribution in [0.2, 0.25) is 0 Å². The average Bonchev–Trinajstić information content (AvgIpc) is 3.17. The number of amides is 1. The van der Waals surface area contributed by atoms with Gasteiger partial charge >= 0.3 is 0 Å². The molecule has 0 spiro atoms. The van der Waals surface area contributed by atoms with E-state index in [4.69, 9.17) is 9.47 Å². The van der Waals surface area contributed by atoms with E-state index in [-0.39, 0.29) is 12.7 Å². The van der Waals surface area contributed by atoms with Gasteiger partial charge in [-0.15, -0.1) is 0 Å². The molecule has 0 saturated heterocycles. The van der Waals surface area contributed by atoms with Gasteiger partial charge in [0.2, 0.25) is 6.79 Å². The van der Waals surface area contributed by atoms with Crippen LogP contribution in [0.25, 0.3) is 5.65 Å². The fourth-order valence-corrected chi connectivity index (χ4v) is 3.21. The van der Waals surface area contributed by atoms with Crippen molar-refractivity contribution >= 4 is 33.7 Å². The Kier molecular flexibility index (Phi) is 4.12. The number of halogens is 1. The van der Waals surface area contributed by atoms with E-state index in [2.05, 4.69) is 31.4 Å². The first-order valence-corrected chi connectivity index (χ1v) is 8.70. The number of imidazole rings is 1. The summed E-state index contributed by atoms with van der Waals surface area (Å²) >= 11 is 3.45. The van der Waals surface area contributed by atoms with Gasteiger partial charge < -0.3 is 9.47 Å². The molecular weight excluding hydrogens is 400 g/mol. The first-order valence-electron chi connectivity index (χ1n) is 7.91. The molecule has 3 aromatic rings. The third-order valence-electron chi connectivity index (χ3n) is 4.03. The number of rotatable bonds is 3. The maximum atomic E-state index is 12.5. The molecular formula is C18H15BrN4O3. The van der Waals surface area contributed by atoms with Gasteiger partial charge in [0.25, 0.3) is 5.91 Å². The molecule has 0 bridgehead atoms. The van der Waals surface area contributed by atoms with Gasteiger partial charge in [-0.05, 0) is 59.6 Å². The number of hydrazone groups is 1. The second kappa shape index (κ2) is 6.45. The summed E-state index contributed by atoms with van der Waals surface area (Å²) in [7, 11) is 0. The van der Waals surface area contributed by atoms with E-state index in [0.717, 1.165) is 21.2 Å². The molecule has 1 aliphatic heterocycles. The predicted octanol–water partition coefficient (Wildman–Crippen LogP) is 3.21. The Balaban J connectivity index is 1.56. The molecule has 0 radical (unpaired) electrons. The molecule has 1 amide bonds. The summed E-state index contributed by atoms with van der Waals surface area (Å²) in [6.07, 6.45) is 3.38. The van der Waals surface area contributed by atoms with Crippen molar-refractivity contribution in [3.63, 3.8) is 0 Å². The molecule has 1 aliphatic rings. The normalized spacial score (nSPS) is 12.9. The van der Waals surface area contributed by atoms with Crippen molar-refractivity contribution < 1.29 is 14.3 Å². The number of hydrogen-bond donors (Lipinski definition) is 1. The monoisotopic (exact) mass is 414 g/mol. The summed E-state index contributed by atoms with van der Waals surface area (Å²) in [5, 5.41) is 4.06. The second-order valence-electron chi connectivity index (χ2n) is 5.90. The minimum absolute atomic E-state index is 0.201. The lowest BCUT2D eigenvalue weighted by Gasteiger charge is -2.03. The number of nitrogens with zero attached hydrogens (tertiary/aromatic N) is 3. The summed E-state index contributed by atoms with van der Waals surface area (Å²) in [5.74, 6) is 0.996. The lowest BCUT2D eigenvalue weighted by Crippen LogP contribution is -2.20. The molecule has 0 saturated carbocycles. The van der Waals surface area contributed by atoms with E-state index < -0.39 is 0 Å². The molecule has 132 valence electrons. The standard InChI is InChI=1S/C18H15BrN4O3/c1-10-3-4-23-16(5-10)21-11(2)17(23)18(24)22-20-8-12-6-14-15(7-13(12)19)26-9-25-14/h3-8H,9H2,1-2H3,(H,22,24)/b20-8-. The van der Waals surface area contributed by atoms with Crippen LogP contribution in [0, 0.1) is 13.8 Å². The number of aromatic nitrogens is 2. The number of ether oxygens (including phenoxy) is 2. The summed E-state index contributed by atoms with van der Waals surface area (Å²) in [5.41, 5.74) is 6.24. The summed E-state index contributed by atoms with van der Waals surface area (Å²) in [6, 6.07) is 7.46. The van der Waals surface area contributed by atoms with Crippen molar-refractivity contribution in [2.75, 3.05) is 6.79 Å². The van der Waals surface area contributed by atoms with Crippen LogP contribution in [0.3, 0.4) is 0 Å². The molecule has 1 aromatic carbocycles. The van der Waals surface area contributed by atoms with E-state index in [1.807, 2.05) is 31.3 Å². The fraction of sp³-hybridized carbons (Fsp3) is 0.167. The third kappa shape index (κ3) is 2.92. The Morgan fingerprint density at radius 2 is 2.08 bits per heavy atom. The lowest BCUT2D eigenvalue weighted by molar-refractivity contribution is 0.0948. The molecule has 3 heterocycles. The van der Waals surface area contributed by atoms with E-state index in [1.54, 1.807) is 23.6 Å². The van der Waals surface area contributed by atoms with Crippen LogP contribution >= 0.6 is 15.9 Å². The molecule has 26 heavy (non-hydrogen) atoms. The quantitative estimate of drug-likeness (QED) is 0.527. The van der Waals surface area contributed by atoms with E-state index >= 15 is 0 Å². The molecule has 4 rings (SSSR count). The number of benzene rings is 1. The first kappa shape index (κ1) is 16.6. The average molecular weight is 415 g/mol. The molecule has 7 nitrogen and oxygen atoms in total. The molecule has 0 fully saturated rings. The largest absolute Gasteiger partial charge is 0.454 e. The minimum Gasteiger partial charge on any atom is -0.454 e. The summed E-state index contributed by atoms with van der Waals surface area (Å²) in [6.45, 7) is 3.98. The molecule has 8 heteroatoms. The minimum atomic E-state index is -0.327. The van der Waals surface area contributed by atoms with Crippen molar-refractivity contribution in [2.24, 2.45) is 5.10 Å². The lowest BCUT2D eigenvalue weighted by atomic mass is 10.2. The van der Waals surface area contributed by atoms with E-state index in [9.17, 15) is 4.79 Å². The highest BCUT2D eigenvalue weighted by atomic mass is 79.9. The first-order chi connectivity index (χ1) is 12.5. The predicted molar refractivity (Wildman–Crippen MR) is 100.0 cm³/mol. The maximum absolute atomic E-state index is 12.5. The Bertz CT molecular complexity index is 1060. The van der Waals surface area contributed by atoms with Crippen LogP contribution < -0.4 is 14.9 Å². The number of nitrogens with one attached hydrogen (secondary N) is 1. The van der Waals surface area contributed by atoms with Gasteiger partial charge in [0.15, 0.2) is 11.5 Å². The van der Waals surface area contributed by atoms with E-state index in [1.165, 1.54) is 0 Å². The van der Waals surface area contributed by atoms with Crippen molar-refractivity contribution in [3.05, 3.63) is 57.4 Å². The molecule has 2 aromatic heterocycles. The highest BCUT2D eigenvalue weighted by molar-refractivity contribution is 9.10. The topological polar surface area (TPSA) is 77.2 Å². The smallest absolute Gasteiger partial charge is 0.290 e. The van der Waals surface area contributed by atoms with Crippen LogP contribution in [0.5, 0.6) is 11.5 Å². The van der Waals surface area contributed by atoms with Crippen molar-refractivity contribution in [2.45, 2.75) is 13.8 Å². The number of carbonyl (C=O) groups is 1. The number of aryl methyl sites for hydroxylation is 2. The van der Waals surface area contributed by atoms with Gasteiger partial charge in [-0.3, -0.25) is 9.20 Å². The number of pyridine rings is 1. The second-order valence-corrected chi connectivity index (χ2v) is 6.76. The van der Waals surface area contributed by atoms with Crippen molar-refractivity contribution in [1.82, 2.24) is 14.8 Å². The summed E-state index contributed by atoms with van der Waals surface area (Å²) in [4.78, 5) is 17.0. The summed E-state index contributed by atoms with van der Waals surface area (Å²) < 4.78 is 13.2. The fourth-order valence-electron chi connectivity index (χ4n) is 2.78. The Labute approximate surface area is 157 Å².